The molecular weight excluding hydrogens is 388 g/mol. The van der Waals surface area contributed by atoms with Gasteiger partial charge in [0.2, 0.25) is 5.91 Å². The fraction of sp³-hybridized carbons (Fsp3) is 0.391. The number of hydrogen-bond donors (Lipinski definition) is 1. The minimum Gasteiger partial charge on any atom is -0.482 e. The highest BCUT2D eigenvalue weighted by atomic mass is 35.5. The molecule has 5 nitrogen and oxygen atoms in total. The number of para-hydroxylation sites is 1. The monoisotopic (exact) mass is 416 g/mol. The van der Waals surface area contributed by atoms with E-state index < -0.39 is 6.04 Å². The maximum atomic E-state index is 13.1. The van der Waals surface area contributed by atoms with Crippen LogP contribution >= 0.6 is 11.6 Å². The zero-order valence-corrected chi connectivity index (χ0v) is 18.2. The topological polar surface area (TPSA) is 58.6 Å². The quantitative estimate of drug-likeness (QED) is 0.660. The standard InChI is InChI=1S/C23H29ClN2O3/c1-5-20(23(28)25-16(2)3)26(14-18-11-7-6-10-17(18)4)22(27)15-29-21-13-9-8-12-19(21)24/h6-13,16,20H,5,14-15H2,1-4H3,(H,25,28). The Bertz CT molecular complexity index is 838. The minimum atomic E-state index is -0.584. The van der Waals surface area contributed by atoms with Gasteiger partial charge in [0.15, 0.2) is 6.61 Å². The van der Waals surface area contributed by atoms with Crippen LogP contribution in [0.3, 0.4) is 0 Å². The summed E-state index contributed by atoms with van der Waals surface area (Å²) in [5.74, 6) is 0.0131. The number of benzene rings is 2. The Labute approximate surface area is 178 Å². The lowest BCUT2D eigenvalue weighted by molar-refractivity contribution is -0.143. The predicted molar refractivity (Wildman–Crippen MR) is 116 cm³/mol. The highest BCUT2D eigenvalue weighted by Crippen LogP contribution is 2.23. The molecule has 0 aromatic heterocycles. The van der Waals surface area contributed by atoms with Crippen molar-refractivity contribution in [2.24, 2.45) is 0 Å². The van der Waals surface area contributed by atoms with Crippen molar-refractivity contribution < 1.29 is 14.3 Å². The summed E-state index contributed by atoms with van der Waals surface area (Å²) in [6.45, 7) is 7.84. The highest BCUT2D eigenvalue weighted by molar-refractivity contribution is 6.32. The van der Waals surface area contributed by atoms with E-state index in [0.29, 0.717) is 23.7 Å². The lowest BCUT2D eigenvalue weighted by Crippen LogP contribution is -2.51. The number of hydrogen-bond acceptors (Lipinski definition) is 3. The molecule has 0 spiro atoms. The molecule has 0 saturated heterocycles. The Kier molecular flexibility index (Phi) is 8.52. The average Bonchev–Trinajstić information content (AvgIpc) is 2.68. The lowest BCUT2D eigenvalue weighted by atomic mass is 10.1. The SMILES string of the molecule is CCC(C(=O)NC(C)C)N(Cc1ccccc1C)C(=O)COc1ccccc1Cl. The first-order valence-corrected chi connectivity index (χ1v) is 10.2. The van der Waals surface area contributed by atoms with E-state index in [0.717, 1.165) is 11.1 Å². The molecule has 0 bridgehead atoms. The summed E-state index contributed by atoms with van der Waals surface area (Å²) < 4.78 is 5.65. The zero-order valence-electron chi connectivity index (χ0n) is 17.4. The Balaban J connectivity index is 2.24. The van der Waals surface area contributed by atoms with Crippen molar-refractivity contribution in [3.05, 3.63) is 64.7 Å². The molecule has 2 rings (SSSR count). The molecule has 6 heteroatoms. The summed E-state index contributed by atoms with van der Waals surface area (Å²) in [6.07, 6.45) is 0.502. The molecular formula is C23H29ClN2O3. The van der Waals surface area contributed by atoms with Gasteiger partial charge in [-0.1, -0.05) is 54.9 Å². The Hall–Kier alpha value is -2.53. The number of amides is 2. The van der Waals surface area contributed by atoms with Crippen LogP contribution in [0.4, 0.5) is 0 Å². The molecule has 0 aliphatic carbocycles. The van der Waals surface area contributed by atoms with Crippen molar-refractivity contribution >= 4 is 23.4 Å². The van der Waals surface area contributed by atoms with Crippen molar-refractivity contribution in [1.29, 1.82) is 0 Å². The van der Waals surface area contributed by atoms with Gasteiger partial charge < -0.3 is 15.0 Å². The summed E-state index contributed by atoms with van der Waals surface area (Å²) in [6, 6.07) is 14.3. The summed E-state index contributed by atoms with van der Waals surface area (Å²) in [5.41, 5.74) is 2.06. The largest absolute Gasteiger partial charge is 0.482 e. The maximum absolute atomic E-state index is 13.1. The van der Waals surface area contributed by atoms with E-state index in [-0.39, 0.29) is 24.5 Å². The van der Waals surface area contributed by atoms with Crippen molar-refractivity contribution in [3.63, 3.8) is 0 Å². The first-order valence-electron chi connectivity index (χ1n) is 9.85. The zero-order chi connectivity index (χ0) is 21.4. The molecule has 2 aromatic carbocycles. The fourth-order valence-electron chi connectivity index (χ4n) is 3.06. The molecule has 29 heavy (non-hydrogen) atoms. The average molecular weight is 417 g/mol. The van der Waals surface area contributed by atoms with Crippen LogP contribution in [-0.2, 0) is 16.1 Å². The Morgan fingerprint density at radius 2 is 1.76 bits per heavy atom. The van der Waals surface area contributed by atoms with Gasteiger partial charge in [0.1, 0.15) is 11.8 Å². The predicted octanol–water partition coefficient (Wildman–Crippen LogP) is 4.36. The molecule has 0 fully saturated rings. The molecule has 2 amide bonds. The molecule has 0 aliphatic rings. The molecule has 0 aliphatic heterocycles. The minimum absolute atomic E-state index is 0.00802. The second-order valence-corrected chi connectivity index (χ2v) is 7.66. The van der Waals surface area contributed by atoms with Crippen LogP contribution < -0.4 is 10.1 Å². The number of rotatable bonds is 9. The number of ether oxygens (including phenoxy) is 1. The van der Waals surface area contributed by atoms with Crippen molar-refractivity contribution in [2.45, 2.75) is 52.7 Å². The van der Waals surface area contributed by atoms with E-state index in [2.05, 4.69) is 5.32 Å². The molecule has 1 N–H and O–H groups in total. The van der Waals surface area contributed by atoms with E-state index in [1.165, 1.54) is 0 Å². The summed E-state index contributed by atoms with van der Waals surface area (Å²) >= 11 is 6.12. The number of nitrogens with one attached hydrogen (secondary N) is 1. The number of halogens is 1. The summed E-state index contributed by atoms with van der Waals surface area (Å²) in [5, 5.41) is 3.36. The van der Waals surface area contributed by atoms with Gasteiger partial charge in [-0.3, -0.25) is 9.59 Å². The number of carbonyl (C=O) groups is 2. The highest BCUT2D eigenvalue weighted by Gasteiger charge is 2.29. The van der Waals surface area contributed by atoms with Crippen LogP contribution in [0.15, 0.2) is 48.5 Å². The van der Waals surface area contributed by atoms with Crippen molar-refractivity contribution in [3.8, 4) is 5.75 Å². The van der Waals surface area contributed by atoms with Gasteiger partial charge in [-0.15, -0.1) is 0 Å². The van der Waals surface area contributed by atoms with E-state index in [9.17, 15) is 9.59 Å². The smallest absolute Gasteiger partial charge is 0.261 e. The van der Waals surface area contributed by atoms with E-state index in [1.807, 2.05) is 52.0 Å². The van der Waals surface area contributed by atoms with E-state index in [1.54, 1.807) is 29.2 Å². The van der Waals surface area contributed by atoms with Crippen LogP contribution in [0.1, 0.15) is 38.3 Å². The lowest BCUT2D eigenvalue weighted by Gasteiger charge is -2.31. The number of carbonyl (C=O) groups excluding carboxylic acids is 2. The first kappa shape index (κ1) is 22.8. The van der Waals surface area contributed by atoms with Crippen LogP contribution in [0.2, 0.25) is 5.02 Å². The molecule has 1 atom stereocenters. The second-order valence-electron chi connectivity index (χ2n) is 7.25. The van der Waals surface area contributed by atoms with Gasteiger partial charge in [0, 0.05) is 12.6 Å². The third-order valence-corrected chi connectivity index (χ3v) is 4.92. The normalized spacial score (nSPS) is 11.8. The number of aryl methyl sites for hydroxylation is 1. The van der Waals surface area contributed by atoms with Gasteiger partial charge in [0.05, 0.1) is 5.02 Å². The van der Waals surface area contributed by atoms with Crippen molar-refractivity contribution in [2.75, 3.05) is 6.61 Å². The fourth-order valence-corrected chi connectivity index (χ4v) is 3.25. The van der Waals surface area contributed by atoms with E-state index >= 15 is 0 Å². The third kappa shape index (κ3) is 6.50. The molecule has 1 unspecified atom stereocenters. The maximum Gasteiger partial charge on any atom is 0.261 e. The van der Waals surface area contributed by atoms with Gasteiger partial charge in [-0.2, -0.15) is 0 Å². The third-order valence-electron chi connectivity index (χ3n) is 4.61. The number of nitrogens with zero attached hydrogens (tertiary/aromatic N) is 1. The summed E-state index contributed by atoms with van der Waals surface area (Å²) in [4.78, 5) is 27.5. The molecule has 0 radical (unpaired) electrons. The van der Waals surface area contributed by atoms with E-state index in [4.69, 9.17) is 16.3 Å². The van der Waals surface area contributed by atoms with Crippen molar-refractivity contribution in [1.82, 2.24) is 10.2 Å². The van der Waals surface area contributed by atoms with Gasteiger partial charge in [0.25, 0.3) is 5.91 Å². The Morgan fingerprint density at radius 3 is 2.38 bits per heavy atom. The second kappa shape index (κ2) is 10.9. The van der Waals surface area contributed by atoms with Gasteiger partial charge >= 0.3 is 0 Å². The van der Waals surface area contributed by atoms with Gasteiger partial charge in [-0.25, -0.2) is 0 Å². The first-order chi connectivity index (χ1) is 13.8. The van der Waals surface area contributed by atoms with Crippen LogP contribution in [0, 0.1) is 6.92 Å². The van der Waals surface area contributed by atoms with Crippen LogP contribution in [0.25, 0.3) is 0 Å². The van der Waals surface area contributed by atoms with Crippen LogP contribution in [0.5, 0.6) is 5.75 Å². The Morgan fingerprint density at radius 1 is 1.10 bits per heavy atom. The molecule has 0 saturated carbocycles. The van der Waals surface area contributed by atoms with Crippen LogP contribution in [-0.4, -0.2) is 35.4 Å². The van der Waals surface area contributed by atoms with Gasteiger partial charge in [-0.05, 0) is 50.5 Å². The molecule has 156 valence electrons. The summed E-state index contributed by atoms with van der Waals surface area (Å²) in [7, 11) is 0. The molecule has 0 heterocycles. The molecule has 2 aromatic rings.